The summed E-state index contributed by atoms with van der Waals surface area (Å²) in [6.45, 7) is 1.92. The molecule has 1 aromatic rings. The highest BCUT2D eigenvalue weighted by Gasteiger charge is 2.09. The zero-order valence-corrected chi connectivity index (χ0v) is 8.33. The topological polar surface area (TPSA) is 0 Å². The molecule has 10 heavy (non-hydrogen) atoms. The summed E-state index contributed by atoms with van der Waals surface area (Å²) in [6, 6.07) is 0. The lowest BCUT2D eigenvalue weighted by Crippen LogP contribution is -1.76. The molecule has 1 heterocycles. The van der Waals surface area contributed by atoms with Gasteiger partial charge in [0.05, 0.1) is 14.6 Å². The fourth-order valence-corrected chi connectivity index (χ4v) is 2.80. The summed E-state index contributed by atoms with van der Waals surface area (Å²) >= 11 is 18.6. The molecule has 0 amide bonds. The maximum absolute atomic E-state index is 5.80. The SMILES string of the molecule is Cc1c(Cl)sc(Cl)c1CCl. The first-order valence-electron chi connectivity index (χ1n) is 2.66. The van der Waals surface area contributed by atoms with Gasteiger partial charge in [0.1, 0.15) is 0 Å². The minimum Gasteiger partial charge on any atom is -0.121 e. The number of hydrogen-bond donors (Lipinski definition) is 0. The van der Waals surface area contributed by atoms with Gasteiger partial charge in [-0.15, -0.1) is 22.9 Å². The van der Waals surface area contributed by atoms with Crippen LogP contribution in [0, 0.1) is 6.92 Å². The summed E-state index contributed by atoms with van der Waals surface area (Å²) in [7, 11) is 0. The van der Waals surface area contributed by atoms with Gasteiger partial charge in [0.2, 0.25) is 0 Å². The Morgan fingerprint density at radius 3 is 2.10 bits per heavy atom. The van der Waals surface area contributed by atoms with E-state index in [1.54, 1.807) is 0 Å². The minimum atomic E-state index is 0.438. The zero-order valence-electron chi connectivity index (χ0n) is 5.25. The molecule has 0 aliphatic rings. The number of alkyl halides is 1. The Labute approximate surface area is 78.7 Å². The van der Waals surface area contributed by atoms with Gasteiger partial charge in [-0.1, -0.05) is 23.2 Å². The van der Waals surface area contributed by atoms with Gasteiger partial charge in [-0.05, 0) is 12.5 Å². The van der Waals surface area contributed by atoms with Crippen LogP contribution in [0.2, 0.25) is 8.67 Å². The van der Waals surface area contributed by atoms with E-state index in [4.69, 9.17) is 34.8 Å². The molecule has 0 aromatic carbocycles. The van der Waals surface area contributed by atoms with E-state index < -0.39 is 0 Å². The van der Waals surface area contributed by atoms with Crippen molar-refractivity contribution in [1.82, 2.24) is 0 Å². The highest BCUT2D eigenvalue weighted by atomic mass is 35.5. The Kier molecular flexibility index (Phi) is 2.87. The number of rotatable bonds is 1. The lowest BCUT2D eigenvalue weighted by atomic mass is 10.2. The molecule has 4 heteroatoms. The Morgan fingerprint density at radius 1 is 1.30 bits per heavy atom. The second-order valence-corrected chi connectivity index (χ2v) is 4.38. The van der Waals surface area contributed by atoms with Crippen molar-refractivity contribution in [3.63, 3.8) is 0 Å². The summed E-state index contributed by atoms with van der Waals surface area (Å²) in [5, 5.41) is 0. The van der Waals surface area contributed by atoms with E-state index in [-0.39, 0.29) is 0 Å². The molecular formula is C6H5Cl3S. The van der Waals surface area contributed by atoms with Gasteiger partial charge in [0.15, 0.2) is 0 Å². The van der Waals surface area contributed by atoms with Crippen LogP contribution in [0.3, 0.4) is 0 Å². The minimum absolute atomic E-state index is 0.438. The fourth-order valence-electron chi connectivity index (χ4n) is 0.636. The third kappa shape index (κ3) is 1.42. The van der Waals surface area contributed by atoms with Crippen molar-refractivity contribution in [3.05, 3.63) is 19.8 Å². The average molecular weight is 216 g/mol. The molecular weight excluding hydrogens is 210 g/mol. The van der Waals surface area contributed by atoms with E-state index in [1.807, 2.05) is 6.92 Å². The monoisotopic (exact) mass is 214 g/mol. The van der Waals surface area contributed by atoms with Crippen LogP contribution in [0.25, 0.3) is 0 Å². The van der Waals surface area contributed by atoms with Crippen LogP contribution < -0.4 is 0 Å². The van der Waals surface area contributed by atoms with Crippen LogP contribution in [0.4, 0.5) is 0 Å². The summed E-state index contributed by atoms with van der Waals surface area (Å²) in [4.78, 5) is 0. The molecule has 0 unspecified atom stereocenters. The van der Waals surface area contributed by atoms with Gasteiger partial charge in [0, 0.05) is 5.56 Å². The molecule has 0 bridgehead atoms. The van der Waals surface area contributed by atoms with Crippen molar-refractivity contribution in [3.8, 4) is 0 Å². The summed E-state index contributed by atoms with van der Waals surface area (Å²) in [5.74, 6) is 0.438. The molecule has 0 saturated carbocycles. The normalized spacial score (nSPS) is 10.4. The molecule has 0 N–H and O–H groups in total. The second-order valence-electron chi connectivity index (χ2n) is 1.89. The number of halogens is 3. The zero-order chi connectivity index (χ0) is 7.72. The van der Waals surface area contributed by atoms with Crippen molar-refractivity contribution in [1.29, 1.82) is 0 Å². The fraction of sp³-hybridized carbons (Fsp3) is 0.333. The summed E-state index contributed by atoms with van der Waals surface area (Å²) in [5.41, 5.74) is 1.96. The lowest BCUT2D eigenvalue weighted by Gasteiger charge is -1.91. The maximum atomic E-state index is 5.80. The smallest absolute Gasteiger partial charge is 0.0991 e. The van der Waals surface area contributed by atoms with Crippen molar-refractivity contribution >= 4 is 46.1 Å². The number of thiophene rings is 1. The van der Waals surface area contributed by atoms with Gasteiger partial charge in [-0.3, -0.25) is 0 Å². The highest BCUT2D eigenvalue weighted by molar-refractivity contribution is 7.20. The van der Waals surface area contributed by atoms with E-state index in [2.05, 4.69) is 0 Å². The molecule has 0 spiro atoms. The Bertz CT molecular complexity index is 241. The van der Waals surface area contributed by atoms with E-state index in [0.29, 0.717) is 10.2 Å². The molecule has 0 nitrogen and oxygen atoms in total. The van der Waals surface area contributed by atoms with Crippen molar-refractivity contribution < 1.29 is 0 Å². The summed E-state index contributed by atoms with van der Waals surface area (Å²) in [6.07, 6.45) is 0. The Morgan fingerprint density at radius 2 is 1.90 bits per heavy atom. The van der Waals surface area contributed by atoms with Crippen LogP contribution >= 0.6 is 46.1 Å². The van der Waals surface area contributed by atoms with Gasteiger partial charge >= 0.3 is 0 Å². The van der Waals surface area contributed by atoms with Crippen LogP contribution in [0.5, 0.6) is 0 Å². The van der Waals surface area contributed by atoms with Crippen molar-refractivity contribution in [2.75, 3.05) is 0 Å². The third-order valence-electron chi connectivity index (χ3n) is 1.30. The molecule has 56 valence electrons. The first-order valence-corrected chi connectivity index (χ1v) is 4.76. The largest absolute Gasteiger partial charge is 0.121 e. The van der Waals surface area contributed by atoms with Crippen LogP contribution in [0.1, 0.15) is 11.1 Å². The standard InChI is InChI=1S/C6H5Cl3S/c1-3-4(2-7)6(9)10-5(3)8/h2H2,1H3. The van der Waals surface area contributed by atoms with Crippen molar-refractivity contribution in [2.24, 2.45) is 0 Å². The van der Waals surface area contributed by atoms with E-state index >= 15 is 0 Å². The first kappa shape index (κ1) is 8.66. The van der Waals surface area contributed by atoms with Crippen LogP contribution in [0.15, 0.2) is 0 Å². The Hall–Kier alpha value is 0.570. The highest BCUT2D eigenvalue weighted by Crippen LogP contribution is 2.36. The second kappa shape index (κ2) is 3.31. The van der Waals surface area contributed by atoms with Gasteiger partial charge in [0.25, 0.3) is 0 Å². The van der Waals surface area contributed by atoms with Gasteiger partial charge < -0.3 is 0 Å². The third-order valence-corrected chi connectivity index (χ3v) is 3.45. The molecule has 0 radical (unpaired) electrons. The first-order chi connectivity index (χ1) is 4.66. The molecule has 0 atom stereocenters. The number of hydrogen-bond acceptors (Lipinski definition) is 1. The molecule has 1 rings (SSSR count). The van der Waals surface area contributed by atoms with Crippen LogP contribution in [-0.2, 0) is 5.88 Å². The predicted octanol–water partition coefficient (Wildman–Crippen LogP) is 4.10. The predicted molar refractivity (Wildman–Crippen MR) is 48.6 cm³/mol. The summed E-state index contributed by atoms with van der Waals surface area (Å²) < 4.78 is 1.44. The van der Waals surface area contributed by atoms with Crippen molar-refractivity contribution in [2.45, 2.75) is 12.8 Å². The lowest BCUT2D eigenvalue weighted by molar-refractivity contribution is 1.35. The average Bonchev–Trinajstić information content (AvgIpc) is 2.09. The Balaban J connectivity index is 3.20. The van der Waals surface area contributed by atoms with Crippen LogP contribution in [-0.4, -0.2) is 0 Å². The maximum Gasteiger partial charge on any atom is 0.0991 e. The molecule has 0 fully saturated rings. The molecule has 0 saturated heterocycles. The van der Waals surface area contributed by atoms with E-state index in [1.165, 1.54) is 11.3 Å². The quantitative estimate of drug-likeness (QED) is 0.619. The molecule has 1 aromatic heterocycles. The molecule has 0 aliphatic heterocycles. The van der Waals surface area contributed by atoms with Gasteiger partial charge in [-0.2, -0.15) is 0 Å². The molecule has 0 aliphatic carbocycles. The van der Waals surface area contributed by atoms with Gasteiger partial charge in [-0.25, -0.2) is 0 Å². The van der Waals surface area contributed by atoms with E-state index in [9.17, 15) is 0 Å². The van der Waals surface area contributed by atoms with E-state index in [0.717, 1.165) is 15.5 Å².